The van der Waals surface area contributed by atoms with Crippen molar-refractivity contribution in [2.45, 2.75) is 37.5 Å². The monoisotopic (exact) mass is 171 g/mol. The van der Waals surface area contributed by atoms with Crippen molar-refractivity contribution in [3.63, 3.8) is 0 Å². The van der Waals surface area contributed by atoms with E-state index < -0.39 is 0 Å². The zero-order chi connectivity index (χ0) is 8.55. The second-order valence-corrected chi connectivity index (χ2v) is 3.92. The number of ether oxygens (including phenoxy) is 1. The first-order valence-corrected chi connectivity index (χ1v) is 4.77. The standard InChI is InChI=1S/C9H17NO2/c1-10(7-3-2-4-7)8-5-12-6-9(8)11/h7-9,11H,2-6H2,1H3/t8-,9-/m1/s1. The number of nitrogens with zero attached hydrogens (tertiary/aromatic N) is 1. The van der Waals surface area contributed by atoms with Crippen molar-refractivity contribution in [2.75, 3.05) is 20.3 Å². The van der Waals surface area contributed by atoms with Crippen molar-refractivity contribution < 1.29 is 9.84 Å². The van der Waals surface area contributed by atoms with Crippen LogP contribution in [0.15, 0.2) is 0 Å². The Kier molecular flexibility index (Phi) is 2.35. The highest BCUT2D eigenvalue weighted by Gasteiger charge is 2.35. The Labute approximate surface area is 73.3 Å². The van der Waals surface area contributed by atoms with Gasteiger partial charge in [0.25, 0.3) is 0 Å². The van der Waals surface area contributed by atoms with Crippen LogP contribution in [0.2, 0.25) is 0 Å². The lowest BCUT2D eigenvalue weighted by atomic mass is 9.90. The minimum absolute atomic E-state index is 0.246. The Morgan fingerprint density at radius 2 is 2.08 bits per heavy atom. The maximum absolute atomic E-state index is 9.56. The largest absolute Gasteiger partial charge is 0.389 e. The lowest BCUT2D eigenvalue weighted by Crippen LogP contribution is -2.48. The van der Waals surface area contributed by atoms with Crippen LogP contribution in [0.25, 0.3) is 0 Å². The van der Waals surface area contributed by atoms with Crippen molar-refractivity contribution in [1.29, 1.82) is 0 Å². The molecule has 0 unspecified atom stereocenters. The van der Waals surface area contributed by atoms with E-state index in [1.807, 2.05) is 0 Å². The summed E-state index contributed by atoms with van der Waals surface area (Å²) >= 11 is 0. The minimum atomic E-state index is -0.268. The van der Waals surface area contributed by atoms with Crippen LogP contribution in [0.1, 0.15) is 19.3 Å². The Hall–Kier alpha value is -0.120. The van der Waals surface area contributed by atoms with E-state index in [4.69, 9.17) is 4.74 Å². The summed E-state index contributed by atoms with van der Waals surface area (Å²) in [4.78, 5) is 2.29. The zero-order valence-corrected chi connectivity index (χ0v) is 7.57. The minimum Gasteiger partial charge on any atom is -0.389 e. The Bertz CT molecular complexity index is 159. The van der Waals surface area contributed by atoms with Gasteiger partial charge >= 0.3 is 0 Å². The summed E-state index contributed by atoms with van der Waals surface area (Å²) in [5.74, 6) is 0. The van der Waals surface area contributed by atoms with Crippen LogP contribution in [-0.4, -0.2) is 48.5 Å². The summed E-state index contributed by atoms with van der Waals surface area (Å²) in [6, 6.07) is 0.946. The highest BCUT2D eigenvalue weighted by Crippen LogP contribution is 2.27. The van der Waals surface area contributed by atoms with Crippen LogP contribution >= 0.6 is 0 Å². The van der Waals surface area contributed by atoms with E-state index in [2.05, 4.69) is 11.9 Å². The van der Waals surface area contributed by atoms with Crippen molar-refractivity contribution in [3.05, 3.63) is 0 Å². The Morgan fingerprint density at radius 1 is 1.33 bits per heavy atom. The molecule has 0 aromatic carbocycles. The molecule has 1 N–H and O–H groups in total. The van der Waals surface area contributed by atoms with Gasteiger partial charge in [-0.3, -0.25) is 4.90 Å². The van der Waals surface area contributed by atoms with E-state index in [1.54, 1.807) is 0 Å². The second-order valence-electron chi connectivity index (χ2n) is 3.92. The van der Waals surface area contributed by atoms with Crippen LogP contribution in [0.4, 0.5) is 0 Å². The molecule has 12 heavy (non-hydrogen) atoms. The number of rotatable bonds is 2. The molecule has 3 nitrogen and oxygen atoms in total. The molecule has 1 aliphatic carbocycles. The van der Waals surface area contributed by atoms with Crippen LogP contribution in [-0.2, 0) is 4.74 Å². The molecule has 2 fully saturated rings. The normalized spacial score (nSPS) is 37.2. The smallest absolute Gasteiger partial charge is 0.0950 e. The van der Waals surface area contributed by atoms with Gasteiger partial charge in [0.2, 0.25) is 0 Å². The topological polar surface area (TPSA) is 32.7 Å². The molecule has 0 bridgehead atoms. The van der Waals surface area contributed by atoms with Gasteiger partial charge in [0, 0.05) is 6.04 Å². The van der Waals surface area contributed by atoms with Gasteiger partial charge in [0.15, 0.2) is 0 Å². The van der Waals surface area contributed by atoms with Gasteiger partial charge < -0.3 is 9.84 Å². The highest BCUT2D eigenvalue weighted by atomic mass is 16.5. The van der Waals surface area contributed by atoms with Crippen molar-refractivity contribution in [2.24, 2.45) is 0 Å². The third-order valence-corrected chi connectivity index (χ3v) is 3.20. The second kappa shape index (κ2) is 3.32. The summed E-state index contributed by atoms with van der Waals surface area (Å²) in [6.45, 7) is 1.22. The SMILES string of the molecule is CN(C1CCC1)[C@@H]1COC[C@H]1O. The summed E-state index contributed by atoms with van der Waals surface area (Å²) in [7, 11) is 2.10. The van der Waals surface area contributed by atoms with Gasteiger partial charge in [-0.25, -0.2) is 0 Å². The van der Waals surface area contributed by atoms with Crippen molar-refractivity contribution >= 4 is 0 Å². The fourth-order valence-electron chi connectivity index (χ4n) is 1.99. The summed E-state index contributed by atoms with van der Waals surface area (Å²) in [5, 5.41) is 9.56. The van der Waals surface area contributed by atoms with Gasteiger partial charge in [0.05, 0.1) is 25.4 Å². The third kappa shape index (κ3) is 1.37. The number of hydrogen-bond acceptors (Lipinski definition) is 3. The van der Waals surface area contributed by atoms with E-state index in [-0.39, 0.29) is 12.1 Å². The predicted molar refractivity (Wildman–Crippen MR) is 46.0 cm³/mol. The molecule has 2 rings (SSSR count). The van der Waals surface area contributed by atoms with Gasteiger partial charge in [0.1, 0.15) is 0 Å². The van der Waals surface area contributed by atoms with Crippen LogP contribution in [0.5, 0.6) is 0 Å². The number of hydrogen-bond donors (Lipinski definition) is 1. The molecule has 2 aliphatic rings. The molecular weight excluding hydrogens is 154 g/mol. The van der Waals surface area contributed by atoms with Gasteiger partial charge in [-0.15, -0.1) is 0 Å². The van der Waals surface area contributed by atoms with E-state index in [0.717, 1.165) is 0 Å². The van der Waals surface area contributed by atoms with Gasteiger partial charge in [-0.2, -0.15) is 0 Å². The molecule has 0 amide bonds. The maximum Gasteiger partial charge on any atom is 0.0950 e. The van der Waals surface area contributed by atoms with Crippen LogP contribution in [0.3, 0.4) is 0 Å². The molecule has 2 atom stereocenters. The lowest BCUT2D eigenvalue weighted by molar-refractivity contribution is 0.0467. The average Bonchev–Trinajstić information content (AvgIpc) is 2.31. The van der Waals surface area contributed by atoms with E-state index >= 15 is 0 Å². The third-order valence-electron chi connectivity index (χ3n) is 3.20. The molecule has 0 spiro atoms. The molecule has 1 aliphatic heterocycles. The van der Waals surface area contributed by atoms with Crippen molar-refractivity contribution in [1.82, 2.24) is 4.90 Å². The zero-order valence-electron chi connectivity index (χ0n) is 7.57. The predicted octanol–water partition coefficient (Wildman–Crippen LogP) is 0.230. The maximum atomic E-state index is 9.56. The molecule has 1 saturated heterocycles. The number of aliphatic hydroxyl groups excluding tert-OH is 1. The molecule has 1 saturated carbocycles. The first kappa shape index (κ1) is 8.48. The highest BCUT2D eigenvalue weighted by molar-refractivity contribution is 4.88. The van der Waals surface area contributed by atoms with Crippen molar-refractivity contribution in [3.8, 4) is 0 Å². The lowest BCUT2D eigenvalue weighted by Gasteiger charge is -2.39. The molecule has 70 valence electrons. The van der Waals surface area contributed by atoms with E-state index in [1.165, 1.54) is 19.3 Å². The van der Waals surface area contributed by atoms with E-state index in [0.29, 0.717) is 19.3 Å². The summed E-state index contributed by atoms with van der Waals surface area (Å²) < 4.78 is 5.22. The molecule has 0 aromatic heterocycles. The fourth-order valence-corrected chi connectivity index (χ4v) is 1.99. The molecule has 0 radical (unpaired) electrons. The fraction of sp³-hybridized carbons (Fsp3) is 1.00. The molecule has 1 heterocycles. The summed E-state index contributed by atoms with van der Waals surface area (Å²) in [6.07, 6.45) is 3.66. The first-order chi connectivity index (χ1) is 5.79. The Balaban J connectivity index is 1.89. The average molecular weight is 171 g/mol. The quantitative estimate of drug-likeness (QED) is 0.645. The Morgan fingerprint density at radius 3 is 2.50 bits per heavy atom. The van der Waals surface area contributed by atoms with Crippen LogP contribution < -0.4 is 0 Å². The first-order valence-electron chi connectivity index (χ1n) is 4.77. The summed E-state index contributed by atoms with van der Waals surface area (Å²) in [5.41, 5.74) is 0. The molecular formula is C9H17NO2. The van der Waals surface area contributed by atoms with Gasteiger partial charge in [-0.05, 0) is 19.9 Å². The number of likely N-dealkylation sites (N-methyl/N-ethyl adjacent to an activating group) is 1. The molecule has 0 aromatic rings. The number of aliphatic hydroxyl groups is 1. The molecule has 3 heteroatoms. The van der Waals surface area contributed by atoms with E-state index in [9.17, 15) is 5.11 Å². The van der Waals surface area contributed by atoms with Crippen LogP contribution in [0, 0.1) is 0 Å². The van der Waals surface area contributed by atoms with Gasteiger partial charge in [-0.1, -0.05) is 6.42 Å².